The molecule has 1 saturated heterocycles. The number of nitrogens with one attached hydrogen (secondary N) is 1. The molecule has 0 saturated carbocycles. The van der Waals surface area contributed by atoms with Gasteiger partial charge in [-0.15, -0.1) is 0 Å². The first-order chi connectivity index (χ1) is 9.20. The number of morpholine rings is 1. The van der Waals surface area contributed by atoms with E-state index in [0.29, 0.717) is 24.7 Å². The minimum atomic E-state index is -0.119. The van der Waals surface area contributed by atoms with Gasteiger partial charge in [0.1, 0.15) is 0 Å². The van der Waals surface area contributed by atoms with Crippen molar-refractivity contribution in [2.45, 2.75) is 12.5 Å². The zero-order valence-corrected chi connectivity index (χ0v) is 11.5. The molecule has 1 amide bonds. The van der Waals surface area contributed by atoms with Crippen LogP contribution in [-0.2, 0) is 16.0 Å². The van der Waals surface area contributed by atoms with Crippen molar-refractivity contribution in [3.8, 4) is 0 Å². The number of fused-ring (bicyclic) bond motifs is 3. The second kappa shape index (κ2) is 4.98. The van der Waals surface area contributed by atoms with Gasteiger partial charge in [-0.3, -0.25) is 9.78 Å². The second-order valence-electron chi connectivity index (χ2n) is 4.88. The smallest absolute Gasteiger partial charge is 0.225 e. The first-order valence-corrected chi connectivity index (χ1v) is 6.79. The zero-order valence-electron chi connectivity index (χ0n) is 10.7. The number of pyridine rings is 1. The topological polar surface area (TPSA) is 54.5 Å². The second-order valence-corrected chi connectivity index (χ2v) is 5.32. The molecule has 1 aromatic rings. The van der Waals surface area contributed by atoms with Crippen LogP contribution in [0.3, 0.4) is 0 Å². The Morgan fingerprint density at radius 3 is 3.26 bits per heavy atom. The fraction of sp³-hybridized carbons (Fsp3) is 0.538. The fourth-order valence-electron chi connectivity index (χ4n) is 2.92. The van der Waals surface area contributed by atoms with Crippen LogP contribution in [0.25, 0.3) is 0 Å². The average molecular weight is 282 g/mol. The quantitative estimate of drug-likeness (QED) is 0.830. The van der Waals surface area contributed by atoms with E-state index in [1.807, 2.05) is 6.07 Å². The van der Waals surface area contributed by atoms with Crippen molar-refractivity contribution < 1.29 is 9.53 Å². The predicted molar refractivity (Wildman–Crippen MR) is 72.5 cm³/mol. The molecule has 3 heterocycles. The Balaban J connectivity index is 2.01. The molecule has 19 heavy (non-hydrogen) atoms. The Labute approximate surface area is 116 Å². The highest BCUT2D eigenvalue weighted by Crippen LogP contribution is 2.35. The summed E-state index contributed by atoms with van der Waals surface area (Å²) in [6, 6.07) is 2.00. The standard InChI is InChI=1S/C13H16ClN3O2/c1-15-13(18)9-5-10-11(4-8(14)6-16-10)17-2-3-19-7-12(9)17/h4,6,9,12H,2-3,5,7H2,1H3,(H,15,18)/t9-,12-/m0/s1. The number of hydrogen-bond acceptors (Lipinski definition) is 4. The van der Waals surface area contributed by atoms with Crippen LogP contribution < -0.4 is 10.2 Å². The lowest BCUT2D eigenvalue weighted by Gasteiger charge is -2.44. The molecule has 1 aromatic heterocycles. The van der Waals surface area contributed by atoms with Gasteiger partial charge >= 0.3 is 0 Å². The van der Waals surface area contributed by atoms with E-state index in [1.54, 1.807) is 13.2 Å². The number of aromatic nitrogens is 1. The van der Waals surface area contributed by atoms with Crippen molar-refractivity contribution in [2.24, 2.45) is 5.92 Å². The number of anilines is 1. The van der Waals surface area contributed by atoms with E-state index >= 15 is 0 Å². The van der Waals surface area contributed by atoms with E-state index in [4.69, 9.17) is 16.3 Å². The molecule has 6 heteroatoms. The Kier molecular flexibility index (Phi) is 3.33. The molecule has 1 N–H and O–H groups in total. The number of halogens is 1. The monoisotopic (exact) mass is 281 g/mol. The predicted octanol–water partition coefficient (Wildman–Crippen LogP) is 0.858. The van der Waals surface area contributed by atoms with Gasteiger partial charge in [0.15, 0.2) is 0 Å². The van der Waals surface area contributed by atoms with Crippen LogP contribution >= 0.6 is 11.6 Å². The maximum atomic E-state index is 12.1. The molecular weight excluding hydrogens is 266 g/mol. The lowest BCUT2D eigenvalue weighted by Crippen LogP contribution is -2.56. The minimum Gasteiger partial charge on any atom is -0.377 e. The van der Waals surface area contributed by atoms with E-state index in [9.17, 15) is 4.79 Å². The third kappa shape index (κ3) is 2.17. The molecule has 0 spiro atoms. The summed E-state index contributed by atoms with van der Waals surface area (Å²) < 4.78 is 5.53. The van der Waals surface area contributed by atoms with Gasteiger partial charge in [0.25, 0.3) is 0 Å². The van der Waals surface area contributed by atoms with Gasteiger partial charge in [0, 0.05) is 26.2 Å². The van der Waals surface area contributed by atoms with Crippen molar-refractivity contribution in [3.05, 3.63) is 23.0 Å². The molecule has 2 aliphatic heterocycles. The molecule has 0 radical (unpaired) electrons. The third-order valence-electron chi connectivity index (χ3n) is 3.85. The highest BCUT2D eigenvalue weighted by molar-refractivity contribution is 6.30. The van der Waals surface area contributed by atoms with Crippen molar-refractivity contribution in [2.75, 3.05) is 31.7 Å². The number of rotatable bonds is 1. The van der Waals surface area contributed by atoms with E-state index in [1.165, 1.54) is 0 Å². The molecule has 3 rings (SSSR count). The summed E-state index contributed by atoms with van der Waals surface area (Å²) in [5.41, 5.74) is 1.98. The van der Waals surface area contributed by atoms with Gasteiger partial charge in [0.2, 0.25) is 5.91 Å². The number of nitrogens with zero attached hydrogens (tertiary/aromatic N) is 2. The molecule has 0 aliphatic carbocycles. The Bertz CT molecular complexity index is 509. The lowest BCUT2D eigenvalue weighted by atomic mass is 9.87. The van der Waals surface area contributed by atoms with Crippen molar-refractivity contribution in [1.29, 1.82) is 0 Å². The number of ether oxygens (including phenoxy) is 1. The fourth-order valence-corrected chi connectivity index (χ4v) is 3.07. The number of amides is 1. The summed E-state index contributed by atoms with van der Waals surface area (Å²) >= 11 is 6.03. The highest BCUT2D eigenvalue weighted by atomic mass is 35.5. The molecule has 1 fully saturated rings. The van der Waals surface area contributed by atoms with Gasteiger partial charge in [-0.1, -0.05) is 11.6 Å². The van der Waals surface area contributed by atoms with Crippen LogP contribution in [-0.4, -0.2) is 43.7 Å². The Hall–Kier alpha value is -1.33. The van der Waals surface area contributed by atoms with Gasteiger partial charge in [0.05, 0.1) is 41.6 Å². The maximum Gasteiger partial charge on any atom is 0.225 e. The van der Waals surface area contributed by atoms with E-state index in [2.05, 4.69) is 15.2 Å². The van der Waals surface area contributed by atoms with E-state index in [0.717, 1.165) is 17.9 Å². The summed E-state index contributed by atoms with van der Waals surface area (Å²) in [5.74, 6) is -0.0747. The number of carbonyl (C=O) groups excluding carboxylic acids is 1. The van der Waals surface area contributed by atoms with E-state index < -0.39 is 0 Å². The van der Waals surface area contributed by atoms with Gasteiger partial charge in [-0.05, 0) is 6.07 Å². The largest absolute Gasteiger partial charge is 0.377 e. The lowest BCUT2D eigenvalue weighted by molar-refractivity contribution is -0.126. The van der Waals surface area contributed by atoms with Crippen molar-refractivity contribution >= 4 is 23.2 Å². The first kappa shape index (κ1) is 12.7. The van der Waals surface area contributed by atoms with Gasteiger partial charge in [-0.2, -0.15) is 0 Å². The van der Waals surface area contributed by atoms with E-state index in [-0.39, 0.29) is 17.9 Å². The molecule has 2 atom stereocenters. The maximum absolute atomic E-state index is 12.1. The van der Waals surface area contributed by atoms with Crippen LogP contribution in [0.15, 0.2) is 12.3 Å². The van der Waals surface area contributed by atoms with Crippen LogP contribution in [0.4, 0.5) is 5.69 Å². The van der Waals surface area contributed by atoms with Crippen LogP contribution in [0, 0.1) is 5.92 Å². The molecule has 0 aromatic carbocycles. The van der Waals surface area contributed by atoms with Crippen LogP contribution in [0.5, 0.6) is 0 Å². The third-order valence-corrected chi connectivity index (χ3v) is 4.06. The SMILES string of the molecule is CNC(=O)[C@H]1Cc2ncc(Cl)cc2N2CCOC[C@@H]12. The Morgan fingerprint density at radius 2 is 2.47 bits per heavy atom. The van der Waals surface area contributed by atoms with Crippen LogP contribution in [0.1, 0.15) is 5.69 Å². The zero-order chi connectivity index (χ0) is 13.4. The number of hydrogen-bond donors (Lipinski definition) is 1. The van der Waals surface area contributed by atoms with Gasteiger partial charge < -0.3 is 15.0 Å². The molecule has 102 valence electrons. The molecular formula is C13H16ClN3O2. The summed E-state index contributed by atoms with van der Waals surface area (Å²) in [6.45, 7) is 2.01. The Morgan fingerprint density at radius 1 is 1.63 bits per heavy atom. The summed E-state index contributed by atoms with van der Waals surface area (Å²) in [6.07, 6.45) is 2.28. The summed E-state index contributed by atoms with van der Waals surface area (Å²) in [7, 11) is 1.67. The average Bonchev–Trinajstić information content (AvgIpc) is 2.46. The summed E-state index contributed by atoms with van der Waals surface area (Å²) in [5, 5.41) is 3.36. The minimum absolute atomic E-state index is 0.0444. The van der Waals surface area contributed by atoms with Crippen LogP contribution in [0.2, 0.25) is 5.02 Å². The molecule has 5 nitrogen and oxygen atoms in total. The normalized spacial score (nSPS) is 25.5. The molecule has 0 unspecified atom stereocenters. The van der Waals surface area contributed by atoms with Crippen molar-refractivity contribution in [1.82, 2.24) is 10.3 Å². The van der Waals surface area contributed by atoms with Crippen molar-refractivity contribution in [3.63, 3.8) is 0 Å². The number of carbonyl (C=O) groups is 1. The first-order valence-electron chi connectivity index (χ1n) is 6.41. The highest BCUT2D eigenvalue weighted by Gasteiger charge is 2.40. The summed E-state index contributed by atoms with van der Waals surface area (Å²) in [4.78, 5) is 18.6. The molecule has 0 bridgehead atoms. The van der Waals surface area contributed by atoms with Gasteiger partial charge in [-0.25, -0.2) is 0 Å². The molecule has 2 aliphatic rings.